The first-order valence-corrected chi connectivity index (χ1v) is 44.4. The second-order valence-corrected chi connectivity index (χ2v) is 39.6. The fraction of sp³-hybridized carbons (Fsp3) is 0.0556. The summed E-state index contributed by atoms with van der Waals surface area (Å²) in [6.07, 6.45) is 0. The molecule has 0 fully saturated rings. The van der Waals surface area contributed by atoms with Crippen LogP contribution in [-0.4, -0.2) is 16.1 Å². The number of para-hydroxylation sites is 4. The molecule has 18 aromatic carbocycles. The summed E-state index contributed by atoms with van der Waals surface area (Å²) in [5.74, 6) is 0.0885. The van der Waals surface area contributed by atoms with Crippen LogP contribution in [0.3, 0.4) is 0 Å². The summed E-state index contributed by atoms with van der Waals surface area (Å²) in [5, 5.41) is 43.3. The molecule has 0 N–H and O–H groups in total. The maximum atomic E-state index is 11.2. The second kappa shape index (κ2) is 29.0. The first-order valence-electron chi connectivity index (χ1n) is 40.1. The van der Waals surface area contributed by atoms with Crippen molar-refractivity contribution in [3.8, 4) is 34.4 Å². The van der Waals surface area contributed by atoms with E-state index in [0.717, 1.165) is 133 Å². The van der Waals surface area contributed by atoms with E-state index in [1.165, 1.54) is 52.6 Å². The Balaban J connectivity index is 0.876. The van der Waals surface area contributed by atoms with Gasteiger partial charge >= 0.3 is 380 Å². The van der Waals surface area contributed by atoms with Crippen molar-refractivity contribution in [1.29, 1.82) is 10.5 Å². The Kier molecular flexibility index (Phi) is 17.7. The summed E-state index contributed by atoms with van der Waals surface area (Å²) in [6.45, 7) is 9.26. The van der Waals surface area contributed by atoms with Gasteiger partial charge in [-0.05, 0) is 68.6 Å². The average Bonchev–Trinajstić information content (AvgIpc) is 0.779. The van der Waals surface area contributed by atoms with Crippen LogP contribution < -0.4 is 51.3 Å². The van der Waals surface area contributed by atoms with Crippen molar-refractivity contribution in [3.05, 3.63) is 411 Å². The third kappa shape index (κ3) is 11.4. The summed E-state index contributed by atoms with van der Waals surface area (Å²) in [5.41, 5.74) is 15.7. The van der Waals surface area contributed by atoms with Gasteiger partial charge in [0.15, 0.2) is 13.7 Å². The molecule has 0 spiro atoms. The van der Waals surface area contributed by atoms with Gasteiger partial charge in [-0.2, -0.15) is 5.26 Å². The van der Waals surface area contributed by atoms with E-state index >= 15 is 0 Å². The molecule has 0 bridgehead atoms. The molecule has 552 valence electrons. The van der Waals surface area contributed by atoms with Gasteiger partial charge in [0, 0.05) is 16.3 Å². The molecule has 0 unspecified atom stereocenters. The standard InChI is InChI=1S/C108H79N4O2Si2/c1-71(2)93-67-101(111(99-51-29-49-89-85-47-23-25-53-103(85)113-107(89)99)97-61-55-73(69-109)63-95(97)75-31-27-45-83(65-75)115(77-33-11-5-12-34-77,78-35-13-6-14-36-78)79-37-15-7-16-38-79)91-60-58-88-94(72(3)4)68-102(92-59-57-87(93)105(91)106(88)92)112(100-52-30-50-90-86-48-24-26-54-104(86)114-108(90)100)98-62-56-74(70-110)64-96(98)76-32-28-46-84(66-76)116(80-39-17-8-18-40-80,81-41-19-9-20-42-81)82-43-21-10-22-44-82/h5-68,71-72,115H,1-4H3/q-1. The minimum atomic E-state index is -3.55. The van der Waals surface area contributed by atoms with Crippen molar-refractivity contribution in [2.24, 2.45) is 0 Å². The third-order valence-electron chi connectivity index (χ3n) is 24.5. The molecule has 0 atom stereocenters. The molecule has 2 heterocycles. The predicted molar refractivity (Wildman–Crippen MR) is 491 cm³/mol. The second-order valence-electron chi connectivity index (χ2n) is 31.4. The van der Waals surface area contributed by atoms with Crippen LogP contribution in [0.15, 0.2) is 397 Å². The molecule has 0 saturated carbocycles. The number of hydrogen-bond donors (Lipinski definition) is 0. The zero-order valence-electron chi connectivity index (χ0n) is 64.8. The summed E-state index contributed by atoms with van der Waals surface area (Å²) in [4.78, 5) is 4.90. The fourth-order valence-electron chi connectivity index (χ4n) is 19.3. The molecule has 0 radical (unpaired) electrons. The van der Waals surface area contributed by atoms with Crippen LogP contribution in [0, 0.1) is 22.7 Å². The number of furan rings is 2. The van der Waals surface area contributed by atoms with Crippen molar-refractivity contribution in [2.45, 2.75) is 39.5 Å². The number of benzene rings is 18. The molecule has 0 aliphatic rings. The van der Waals surface area contributed by atoms with Crippen LogP contribution in [0.25, 0.3) is 98.4 Å². The topological polar surface area (TPSA) is 80.3 Å². The maximum absolute atomic E-state index is 11.2. The predicted octanol–water partition coefficient (Wildman–Crippen LogP) is 23.1. The fourth-order valence-corrected chi connectivity index (χ4v) is 29.7. The number of nitrogens with zero attached hydrogens (tertiary/aromatic N) is 4. The van der Waals surface area contributed by atoms with Crippen molar-refractivity contribution < 1.29 is 8.83 Å². The van der Waals surface area contributed by atoms with E-state index in [0.29, 0.717) is 11.1 Å². The molecule has 116 heavy (non-hydrogen) atoms. The van der Waals surface area contributed by atoms with Gasteiger partial charge in [-0.1, -0.05) is 159 Å². The van der Waals surface area contributed by atoms with E-state index in [9.17, 15) is 10.5 Å². The van der Waals surface area contributed by atoms with E-state index < -0.39 is 16.1 Å². The Morgan fingerprint density at radius 1 is 0.276 bits per heavy atom. The Bertz CT molecular complexity index is 6620. The molecule has 0 aliphatic heterocycles. The Labute approximate surface area is 676 Å². The molecular formula is C108H79N4O2Si2-. The summed E-state index contributed by atoms with van der Waals surface area (Å²) in [6, 6.07) is 147. The van der Waals surface area contributed by atoms with Crippen LogP contribution in [0.2, 0.25) is 0 Å². The molecular weight excluding hydrogens is 1440 g/mol. The number of rotatable bonds is 18. The molecule has 2 aromatic heterocycles. The molecule has 0 amide bonds. The van der Waals surface area contributed by atoms with Crippen molar-refractivity contribution in [2.75, 3.05) is 9.80 Å². The first-order chi connectivity index (χ1) is 57.1. The molecule has 6 nitrogen and oxygen atoms in total. The zero-order valence-corrected chi connectivity index (χ0v) is 66.9. The van der Waals surface area contributed by atoms with Gasteiger partial charge in [0.25, 0.3) is 0 Å². The Morgan fingerprint density at radius 3 is 1.03 bits per heavy atom. The number of nitriles is 2. The van der Waals surface area contributed by atoms with Gasteiger partial charge in [-0.15, -0.1) is 0 Å². The monoisotopic (exact) mass is 1520 g/mol. The summed E-state index contributed by atoms with van der Waals surface area (Å²) >= 11 is 0. The normalized spacial score (nSPS) is 12.1. The average molecular weight is 1520 g/mol. The Morgan fingerprint density at radius 2 is 0.621 bits per heavy atom. The van der Waals surface area contributed by atoms with Crippen LogP contribution >= 0.6 is 0 Å². The van der Waals surface area contributed by atoms with Crippen LogP contribution in [-0.2, 0) is 0 Å². The van der Waals surface area contributed by atoms with Crippen molar-refractivity contribution in [3.63, 3.8) is 0 Å². The van der Waals surface area contributed by atoms with Crippen LogP contribution in [0.5, 0.6) is 0 Å². The van der Waals surface area contributed by atoms with E-state index in [2.05, 4.69) is 414 Å². The molecule has 8 heteroatoms. The third-order valence-corrected chi connectivity index (χ3v) is 34.7. The van der Waals surface area contributed by atoms with Gasteiger partial charge in [-0.25, -0.2) is 0 Å². The molecule has 0 saturated heterocycles. The molecule has 20 aromatic rings. The van der Waals surface area contributed by atoms with Crippen LogP contribution in [0.1, 0.15) is 61.8 Å². The van der Waals surface area contributed by atoms with Crippen LogP contribution in [0.4, 0.5) is 34.1 Å². The number of anilines is 6. The van der Waals surface area contributed by atoms with Gasteiger partial charge < -0.3 is 9.32 Å². The number of hydrogen-bond acceptors (Lipinski definition) is 6. The Hall–Kier alpha value is -14.4. The van der Waals surface area contributed by atoms with Gasteiger partial charge in [0.1, 0.15) is 5.58 Å². The van der Waals surface area contributed by atoms with Crippen molar-refractivity contribution in [1.82, 2.24) is 0 Å². The van der Waals surface area contributed by atoms with Crippen molar-refractivity contribution >= 4 is 168 Å². The molecule has 20 rings (SSSR count). The van der Waals surface area contributed by atoms with E-state index in [4.69, 9.17) is 8.83 Å². The first kappa shape index (κ1) is 70.7. The quantitative estimate of drug-likeness (QED) is 0.0484. The zero-order chi connectivity index (χ0) is 78.2. The van der Waals surface area contributed by atoms with Gasteiger partial charge in [0.05, 0.1) is 23.0 Å². The summed E-state index contributed by atoms with van der Waals surface area (Å²) in [7, 11) is -6.63. The molecule has 0 aliphatic carbocycles. The van der Waals surface area contributed by atoms with E-state index in [1.807, 2.05) is 24.3 Å². The van der Waals surface area contributed by atoms with Gasteiger partial charge in [0.2, 0.25) is 0 Å². The minimum absolute atomic E-state index is 0.0441. The number of fused-ring (bicyclic) bond motifs is 6. The van der Waals surface area contributed by atoms with Gasteiger partial charge in [-0.3, -0.25) is 0 Å². The van der Waals surface area contributed by atoms with E-state index in [-0.39, 0.29) is 11.8 Å². The van der Waals surface area contributed by atoms with E-state index in [1.54, 1.807) is 0 Å². The SMILES string of the molecule is CC(C)c1cc(N(c2ccc(C#N)cc2-c2cccc([Si](c3ccccc3)(c3ccccc3)c3ccccc3)c2)c2cccc3c2oc2ccccc23)c2ccc3c(C(C)C)cc(N(c4ccc(C#N)cc4-c4cccc([SiH-](c5ccccc5)(c5ccccc5)c5ccccc5)c4)c4cccc5c4oc4ccccc45)c4ccc1c2c34. The summed E-state index contributed by atoms with van der Waals surface area (Å²) < 4.78 is 14.5.